The molecule has 0 unspecified atom stereocenters. The van der Waals surface area contributed by atoms with Crippen LogP contribution in [0.4, 0.5) is 22.7 Å². The lowest BCUT2D eigenvalue weighted by atomic mass is 9.62. The van der Waals surface area contributed by atoms with E-state index in [0.29, 0.717) is 13.3 Å². The summed E-state index contributed by atoms with van der Waals surface area (Å²) in [6.07, 6.45) is -1.33. The van der Waals surface area contributed by atoms with Crippen molar-refractivity contribution in [2.24, 2.45) is 0 Å². The minimum Gasteiger partial charge on any atom is -0.392 e. The second kappa shape index (κ2) is 6.51. The van der Waals surface area contributed by atoms with Gasteiger partial charge < -0.3 is 31.5 Å². The van der Waals surface area contributed by atoms with E-state index in [1.807, 2.05) is 12.1 Å². The molecular formula is C26H24N4O2. The van der Waals surface area contributed by atoms with Gasteiger partial charge in [-0.05, 0) is 34.0 Å². The smallest absolute Gasteiger partial charge is 0.0849 e. The molecule has 4 aromatic carbocycles. The van der Waals surface area contributed by atoms with Crippen LogP contribution in [0.3, 0.4) is 0 Å². The van der Waals surface area contributed by atoms with Gasteiger partial charge in [-0.3, -0.25) is 0 Å². The Kier molecular flexibility index (Phi) is 3.69. The molecule has 1 saturated carbocycles. The van der Waals surface area contributed by atoms with Crippen LogP contribution in [0.2, 0.25) is 0 Å². The van der Waals surface area contributed by atoms with Crippen LogP contribution < -0.4 is 21.3 Å². The van der Waals surface area contributed by atoms with Crippen molar-refractivity contribution in [2.45, 2.75) is 24.0 Å². The standard InChI is InChI=1S/C26H24N4O2/c31-25-21(15-9-7-13-3-1-5-17-19(13)23(15)29-11-27-17)26(32)22(25)16-10-8-14-4-2-6-18-20(14)24(16)30-12-28-18/h1-10,21-22,25-32H,11-12H2. The zero-order valence-electron chi connectivity index (χ0n) is 17.4. The SMILES string of the molecule is OC1C(c2ccc3cccc4c3c2NCN4)C(O)C1c1ccc2cccc3c2c1NCN3. The quantitative estimate of drug-likeness (QED) is 0.289. The molecule has 6 nitrogen and oxygen atoms in total. The van der Waals surface area contributed by atoms with Gasteiger partial charge >= 0.3 is 0 Å². The van der Waals surface area contributed by atoms with Crippen molar-refractivity contribution in [3.05, 3.63) is 71.8 Å². The van der Waals surface area contributed by atoms with E-state index in [1.54, 1.807) is 0 Å². The van der Waals surface area contributed by atoms with Gasteiger partial charge in [-0.15, -0.1) is 0 Å². The first-order valence-electron chi connectivity index (χ1n) is 11.2. The number of hydrogen-bond acceptors (Lipinski definition) is 6. The van der Waals surface area contributed by atoms with Crippen LogP contribution in [0.1, 0.15) is 23.0 Å². The number of nitrogens with one attached hydrogen (secondary N) is 4. The van der Waals surface area contributed by atoms with Gasteiger partial charge in [0.2, 0.25) is 0 Å². The zero-order chi connectivity index (χ0) is 21.4. The molecule has 7 rings (SSSR count). The molecule has 0 bridgehead atoms. The molecule has 6 N–H and O–H groups in total. The Morgan fingerprint density at radius 2 is 1.03 bits per heavy atom. The topological polar surface area (TPSA) is 88.6 Å². The molecule has 32 heavy (non-hydrogen) atoms. The van der Waals surface area contributed by atoms with Gasteiger partial charge in [0.05, 0.1) is 25.5 Å². The van der Waals surface area contributed by atoms with Gasteiger partial charge in [0, 0.05) is 45.4 Å². The van der Waals surface area contributed by atoms with E-state index in [9.17, 15) is 10.2 Å². The van der Waals surface area contributed by atoms with Crippen LogP contribution in [-0.2, 0) is 0 Å². The molecule has 3 aliphatic rings. The first kappa shape index (κ1) is 18.1. The summed E-state index contributed by atoms with van der Waals surface area (Å²) in [5.41, 5.74) is 6.16. The van der Waals surface area contributed by atoms with E-state index < -0.39 is 12.2 Å². The fourth-order valence-corrected chi connectivity index (χ4v) is 5.92. The fourth-order valence-electron chi connectivity index (χ4n) is 5.92. The highest BCUT2D eigenvalue weighted by Crippen LogP contribution is 2.54. The van der Waals surface area contributed by atoms with Gasteiger partial charge in [-0.1, -0.05) is 48.5 Å². The summed E-state index contributed by atoms with van der Waals surface area (Å²) in [5, 5.41) is 40.9. The van der Waals surface area contributed by atoms with Crippen molar-refractivity contribution in [1.29, 1.82) is 0 Å². The third kappa shape index (κ3) is 2.31. The molecular weight excluding hydrogens is 400 g/mol. The molecule has 0 saturated heterocycles. The van der Waals surface area contributed by atoms with E-state index >= 15 is 0 Å². The molecule has 0 aromatic heterocycles. The zero-order valence-corrected chi connectivity index (χ0v) is 17.4. The molecule has 0 amide bonds. The maximum atomic E-state index is 11.4. The largest absolute Gasteiger partial charge is 0.392 e. The second-order valence-electron chi connectivity index (χ2n) is 8.96. The highest BCUT2D eigenvalue weighted by Gasteiger charge is 2.52. The molecule has 6 heteroatoms. The molecule has 160 valence electrons. The van der Waals surface area contributed by atoms with Crippen LogP contribution in [0.5, 0.6) is 0 Å². The Balaban J connectivity index is 1.32. The van der Waals surface area contributed by atoms with Crippen LogP contribution in [-0.4, -0.2) is 35.8 Å². The lowest BCUT2D eigenvalue weighted by molar-refractivity contribution is -0.0780. The number of benzene rings is 4. The van der Waals surface area contributed by atoms with Crippen molar-refractivity contribution in [2.75, 3.05) is 34.6 Å². The molecule has 0 atom stereocenters. The summed E-state index contributed by atoms with van der Waals surface area (Å²) in [6, 6.07) is 20.7. The molecule has 0 spiro atoms. The van der Waals surface area contributed by atoms with Crippen molar-refractivity contribution in [1.82, 2.24) is 0 Å². The average molecular weight is 425 g/mol. The third-order valence-corrected chi connectivity index (χ3v) is 7.43. The normalized spacial score (nSPS) is 25.3. The monoisotopic (exact) mass is 424 g/mol. The van der Waals surface area contributed by atoms with E-state index in [4.69, 9.17) is 0 Å². The predicted molar refractivity (Wildman–Crippen MR) is 130 cm³/mol. The summed E-state index contributed by atoms with van der Waals surface area (Å²) in [7, 11) is 0. The van der Waals surface area contributed by atoms with Gasteiger partial charge in [0.15, 0.2) is 0 Å². The Hall–Kier alpha value is -3.48. The predicted octanol–water partition coefficient (Wildman–Crippen LogP) is 4.19. The molecule has 1 fully saturated rings. The lowest BCUT2D eigenvalue weighted by Crippen LogP contribution is -2.52. The van der Waals surface area contributed by atoms with Crippen LogP contribution >= 0.6 is 0 Å². The van der Waals surface area contributed by atoms with Crippen molar-refractivity contribution in [3.8, 4) is 0 Å². The van der Waals surface area contributed by atoms with Gasteiger partial charge in [-0.25, -0.2) is 0 Å². The Bertz CT molecular complexity index is 1290. The highest BCUT2D eigenvalue weighted by molar-refractivity contribution is 6.07. The van der Waals surface area contributed by atoms with E-state index in [1.165, 1.54) is 0 Å². The third-order valence-electron chi connectivity index (χ3n) is 7.43. The second-order valence-corrected chi connectivity index (χ2v) is 8.96. The summed E-state index contributed by atoms with van der Waals surface area (Å²) in [5.74, 6) is -0.671. The highest BCUT2D eigenvalue weighted by atomic mass is 16.3. The van der Waals surface area contributed by atoms with Crippen LogP contribution in [0.15, 0.2) is 60.7 Å². The van der Waals surface area contributed by atoms with Crippen molar-refractivity contribution in [3.63, 3.8) is 0 Å². The number of aliphatic hydroxyl groups excluding tert-OH is 2. The van der Waals surface area contributed by atoms with Gasteiger partial charge in [0.25, 0.3) is 0 Å². The fraction of sp³-hybridized carbons (Fsp3) is 0.231. The number of rotatable bonds is 2. The summed E-state index contributed by atoms with van der Waals surface area (Å²) in [4.78, 5) is 0. The maximum absolute atomic E-state index is 11.4. The number of hydrogen-bond donors (Lipinski definition) is 6. The minimum absolute atomic E-state index is 0.335. The van der Waals surface area contributed by atoms with E-state index in [0.717, 1.165) is 55.4 Å². The molecule has 4 aromatic rings. The first-order chi connectivity index (χ1) is 15.7. The number of aliphatic hydroxyl groups is 2. The lowest BCUT2D eigenvalue weighted by Gasteiger charge is -2.48. The summed E-state index contributed by atoms with van der Waals surface area (Å²) < 4.78 is 0. The summed E-state index contributed by atoms with van der Waals surface area (Å²) in [6.45, 7) is 1.25. The van der Waals surface area contributed by atoms with Gasteiger partial charge in [-0.2, -0.15) is 0 Å². The Morgan fingerprint density at radius 3 is 1.50 bits per heavy atom. The van der Waals surface area contributed by atoms with Crippen molar-refractivity contribution >= 4 is 44.3 Å². The average Bonchev–Trinajstić information content (AvgIpc) is 2.83. The molecule has 1 aliphatic carbocycles. The van der Waals surface area contributed by atoms with Crippen molar-refractivity contribution < 1.29 is 10.2 Å². The van der Waals surface area contributed by atoms with E-state index in [2.05, 4.69) is 69.8 Å². The van der Waals surface area contributed by atoms with Crippen LogP contribution in [0.25, 0.3) is 21.5 Å². The van der Waals surface area contributed by atoms with Crippen LogP contribution in [0, 0.1) is 0 Å². The first-order valence-corrected chi connectivity index (χ1v) is 11.2. The molecule has 0 radical (unpaired) electrons. The van der Waals surface area contributed by atoms with E-state index in [-0.39, 0.29) is 11.8 Å². The Morgan fingerprint density at radius 1 is 0.562 bits per heavy atom. The number of anilines is 4. The summed E-state index contributed by atoms with van der Waals surface area (Å²) >= 11 is 0. The minimum atomic E-state index is -0.667. The Labute approximate surface area is 185 Å². The molecule has 2 heterocycles. The maximum Gasteiger partial charge on any atom is 0.0849 e. The molecule has 2 aliphatic heterocycles. The van der Waals surface area contributed by atoms with Gasteiger partial charge in [0.1, 0.15) is 0 Å².